The van der Waals surface area contributed by atoms with Crippen LogP contribution in [-0.4, -0.2) is 51.4 Å². The van der Waals surface area contributed by atoms with Gasteiger partial charge in [-0.1, -0.05) is 18.2 Å². The molecular formula is C25H23FN6O. The van der Waals surface area contributed by atoms with Crippen LogP contribution >= 0.6 is 0 Å². The molecule has 0 radical (unpaired) electrons. The Bertz CT molecular complexity index is 1310. The summed E-state index contributed by atoms with van der Waals surface area (Å²) in [7, 11) is 0. The van der Waals surface area contributed by atoms with E-state index in [1.54, 1.807) is 12.1 Å². The van der Waals surface area contributed by atoms with E-state index in [2.05, 4.69) is 21.8 Å². The molecule has 7 nitrogen and oxygen atoms in total. The Morgan fingerprint density at radius 2 is 1.73 bits per heavy atom. The van der Waals surface area contributed by atoms with Gasteiger partial charge in [0.05, 0.1) is 11.2 Å². The van der Waals surface area contributed by atoms with E-state index in [0.29, 0.717) is 47.7 Å². The summed E-state index contributed by atoms with van der Waals surface area (Å²) in [5.41, 5.74) is 9.45. The van der Waals surface area contributed by atoms with Crippen molar-refractivity contribution in [3.63, 3.8) is 0 Å². The highest BCUT2D eigenvalue weighted by molar-refractivity contribution is 5.94. The number of nitrogens with zero attached hydrogens (tertiary/aromatic N) is 5. The first-order valence-electron chi connectivity index (χ1n) is 10.8. The number of halogens is 1. The van der Waals surface area contributed by atoms with Gasteiger partial charge in [0.2, 0.25) is 5.95 Å². The summed E-state index contributed by atoms with van der Waals surface area (Å²) in [6.45, 7) is 3.75. The Labute approximate surface area is 190 Å². The fraction of sp³-hybridized carbons (Fsp3) is 0.200. The molecule has 0 saturated carbocycles. The van der Waals surface area contributed by atoms with Crippen LogP contribution in [0.3, 0.4) is 0 Å². The summed E-state index contributed by atoms with van der Waals surface area (Å²) in [5.74, 6) is 0.531. The van der Waals surface area contributed by atoms with Gasteiger partial charge < -0.3 is 15.5 Å². The molecule has 5 rings (SSSR count). The molecule has 4 aromatic rings. The lowest BCUT2D eigenvalue weighted by Crippen LogP contribution is -2.54. The maximum absolute atomic E-state index is 13.4. The second-order valence-electron chi connectivity index (χ2n) is 8.14. The van der Waals surface area contributed by atoms with Crippen LogP contribution in [0.25, 0.3) is 22.3 Å². The van der Waals surface area contributed by atoms with Crippen molar-refractivity contribution in [2.75, 3.05) is 30.3 Å². The van der Waals surface area contributed by atoms with Gasteiger partial charge >= 0.3 is 0 Å². The molecule has 1 fully saturated rings. The Morgan fingerprint density at radius 3 is 2.45 bits per heavy atom. The number of carbonyl (C=O) groups excluding carboxylic acids is 1. The average Bonchev–Trinajstić information content (AvgIpc) is 2.84. The molecule has 3 heterocycles. The van der Waals surface area contributed by atoms with E-state index < -0.39 is 0 Å². The summed E-state index contributed by atoms with van der Waals surface area (Å²) in [6, 6.07) is 19.2. The van der Waals surface area contributed by atoms with Crippen LogP contribution in [0.4, 0.5) is 16.2 Å². The number of anilines is 2. The number of hydrogen-bond acceptors (Lipinski definition) is 6. The summed E-state index contributed by atoms with van der Waals surface area (Å²) in [4.78, 5) is 30.5. The van der Waals surface area contributed by atoms with Gasteiger partial charge in [-0.05, 0) is 55.5 Å². The summed E-state index contributed by atoms with van der Waals surface area (Å²) in [5, 5.41) is 0. The molecular weight excluding hydrogens is 419 g/mol. The van der Waals surface area contributed by atoms with Gasteiger partial charge in [0.1, 0.15) is 11.3 Å². The Kier molecular flexibility index (Phi) is 5.34. The number of pyridine rings is 1. The van der Waals surface area contributed by atoms with E-state index in [4.69, 9.17) is 10.7 Å². The maximum atomic E-state index is 13.4. The van der Waals surface area contributed by atoms with E-state index in [9.17, 15) is 9.18 Å². The predicted octanol–water partition coefficient (Wildman–Crippen LogP) is 3.76. The molecule has 33 heavy (non-hydrogen) atoms. The van der Waals surface area contributed by atoms with Crippen LogP contribution in [0.15, 0.2) is 66.7 Å². The molecule has 2 aromatic carbocycles. The summed E-state index contributed by atoms with van der Waals surface area (Å²) < 4.78 is 13.4. The minimum Gasteiger partial charge on any atom is -0.368 e. The number of piperazine rings is 1. The quantitative estimate of drug-likeness (QED) is 0.520. The Hall–Kier alpha value is -4.07. The molecule has 1 saturated heterocycles. The van der Waals surface area contributed by atoms with Gasteiger partial charge in [0.25, 0.3) is 5.91 Å². The van der Waals surface area contributed by atoms with Crippen molar-refractivity contribution in [3.05, 3.63) is 78.1 Å². The molecule has 0 bridgehead atoms. The first-order valence-corrected chi connectivity index (χ1v) is 10.8. The first kappa shape index (κ1) is 20.8. The highest BCUT2D eigenvalue weighted by atomic mass is 19.1. The second-order valence-corrected chi connectivity index (χ2v) is 8.14. The van der Waals surface area contributed by atoms with Gasteiger partial charge in [-0.15, -0.1) is 0 Å². The number of rotatable bonds is 3. The lowest BCUT2D eigenvalue weighted by Gasteiger charge is -2.40. The van der Waals surface area contributed by atoms with Crippen LogP contribution in [0.1, 0.15) is 17.3 Å². The molecule has 0 unspecified atom stereocenters. The molecule has 0 aliphatic carbocycles. The third-order valence-electron chi connectivity index (χ3n) is 5.89. The number of nitrogens with two attached hydrogens (primary N) is 1. The number of amides is 1. The number of hydrogen-bond donors (Lipinski definition) is 1. The molecule has 2 N–H and O–H groups in total. The molecule has 1 aliphatic heterocycles. The van der Waals surface area contributed by atoms with Crippen molar-refractivity contribution in [3.8, 4) is 11.3 Å². The molecule has 1 aliphatic rings. The summed E-state index contributed by atoms with van der Waals surface area (Å²) >= 11 is 0. The number of benzene rings is 2. The van der Waals surface area contributed by atoms with E-state index in [1.165, 1.54) is 12.1 Å². The minimum absolute atomic E-state index is 0.000175. The van der Waals surface area contributed by atoms with E-state index >= 15 is 0 Å². The zero-order chi connectivity index (χ0) is 22.9. The highest BCUT2D eigenvalue weighted by Crippen LogP contribution is 2.29. The van der Waals surface area contributed by atoms with Crippen molar-refractivity contribution in [1.82, 2.24) is 19.9 Å². The van der Waals surface area contributed by atoms with Crippen LogP contribution in [0.5, 0.6) is 0 Å². The third-order valence-corrected chi connectivity index (χ3v) is 5.89. The largest absolute Gasteiger partial charge is 0.368 e. The standard InChI is InChI=1S/C25H23FN6O/c1-16-15-31(24(33)18-5-3-2-4-6-18)13-14-32(16)23-22-21(29-25(27)30-23)12-11-20(28-22)17-7-9-19(26)10-8-17/h2-12,16H,13-15H2,1H3,(H2,27,29,30)/t16-/m1/s1. The third kappa shape index (κ3) is 4.07. The van der Waals surface area contributed by atoms with Crippen molar-refractivity contribution in [1.29, 1.82) is 0 Å². The molecule has 166 valence electrons. The first-order chi connectivity index (χ1) is 16.0. The Balaban J connectivity index is 1.47. The van der Waals surface area contributed by atoms with Gasteiger partial charge in [-0.25, -0.2) is 14.4 Å². The Morgan fingerprint density at radius 1 is 0.970 bits per heavy atom. The smallest absolute Gasteiger partial charge is 0.253 e. The zero-order valence-electron chi connectivity index (χ0n) is 18.1. The SMILES string of the molecule is C[C@@H]1CN(C(=O)c2ccccc2)CCN1c1nc(N)nc2ccc(-c3ccc(F)cc3)nc12. The van der Waals surface area contributed by atoms with Crippen LogP contribution in [-0.2, 0) is 0 Å². The normalized spacial score (nSPS) is 16.2. The van der Waals surface area contributed by atoms with Crippen molar-refractivity contribution < 1.29 is 9.18 Å². The molecule has 8 heteroatoms. The lowest BCUT2D eigenvalue weighted by molar-refractivity contribution is 0.0726. The molecule has 2 aromatic heterocycles. The van der Waals surface area contributed by atoms with Crippen molar-refractivity contribution in [2.45, 2.75) is 13.0 Å². The average molecular weight is 442 g/mol. The van der Waals surface area contributed by atoms with Crippen molar-refractivity contribution >= 4 is 28.7 Å². The molecule has 0 spiro atoms. The van der Waals surface area contributed by atoms with E-state index in [-0.39, 0.29) is 23.7 Å². The predicted molar refractivity (Wildman–Crippen MR) is 126 cm³/mol. The monoisotopic (exact) mass is 442 g/mol. The fourth-order valence-corrected chi connectivity index (χ4v) is 4.22. The van der Waals surface area contributed by atoms with E-state index in [0.717, 1.165) is 5.56 Å². The van der Waals surface area contributed by atoms with E-state index in [1.807, 2.05) is 47.4 Å². The van der Waals surface area contributed by atoms with Crippen LogP contribution in [0, 0.1) is 5.82 Å². The zero-order valence-corrected chi connectivity index (χ0v) is 18.1. The van der Waals surface area contributed by atoms with Crippen LogP contribution < -0.4 is 10.6 Å². The highest BCUT2D eigenvalue weighted by Gasteiger charge is 2.30. The van der Waals surface area contributed by atoms with Gasteiger partial charge in [0, 0.05) is 36.8 Å². The topological polar surface area (TPSA) is 88.2 Å². The minimum atomic E-state index is -0.298. The molecule has 1 atom stereocenters. The second kappa shape index (κ2) is 8.46. The number of fused-ring (bicyclic) bond motifs is 1. The number of nitrogen functional groups attached to an aromatic ring is 1. The van der Waals surface area contributed by atoms with Gasteiger partial charge in [-0.3, -0.25) is 4.79 Å². The van der Waals surface area contributed by atoms with Gasteiger partial charge in [-0.2, -0.15) is 4.98 Å². The van der Waals surface area contributed by atoms with Gasteiger partial charge in [0.15, 0.2) is 5.82 Å². The summed E-state index contributed by atoms with van der Waals surface area (Å²) in [6.07, 6.45) is 0. The maximum Gasteiger partial charge on any atom is 0.253 e. The fourth-order valence-electron chi connectivity index (χ4n) is 4.22. The number of carbonyl (C=O) groups is 1. The molecule has 1 amide bonds. The van der Waals surface area contributed by atoms with Crippen LogP contribution in [0.2, 0.25) is 0 Å². The number of aromatic nitrogens is 3. The lowest BCUT2D eigenvalue weighted by atomic mass is 10.1. The van der Waals surface area contributed by atoms with Crippen molar-refractivity contribution in [2.24, 2.45) is 0 Å².